The van der Waals surface area contributed by atoms with Gasteiger partial charge >= 0.3 is 0 Å². The molecule has 0 unspecified atom stereocenters. The van der Waals surface area contributed by atoms with E-state index in [2.05, 4.69) is 21.2 Å². The predicted octanol–water partition coefficient (Wildman–Crippen LogP) is 3.86. The lowest BCUT2D eigenvalue weighted by Crippen LogP contribution is -2.03. The Labute approximate surface area is 90.2 Å². The largest absolute Gasteiger partial charge is 0.349 e. The van der Waals surface area contributed by atoms with Crippen molar-refractivity contribution >= 4 is 50.4 Å². The monoisotopic (exact) mass is 263 g/mol. The predicted molar refractivity (Wildman–Crippen MR) is 61.0 cm³/mol. The number of rotatable bonds is 1. The summed E-state index contributed by atoms with van der Waals surface area (Å²) >= 11 is 14.1. The topological polar surface area (TPSA) is 12.0 Å². The van der Waals surface area contributed by atoms with Crippen LogP contribution in [0.5, 0.6) is 0 Å². The molecular formula is C8H7BrClNS. The summed E-state index contributed by atoms with van der Waals surface area (Å²) in [7, 11) is 0. The molecule has 0 amide bonds. The maximum atomic E-state index is 5.92. The van der Waals surface area contributed by atoms with Crippen LogP contribution in [0.25, 0.3) is 0 Å². The SMILES string of the molecule is CC(=S)Nc1ccc(Br)cc1Cl. The molecule has 0 aliphatic rings. The van der Waals surface area contributed by atoms with E-state index in [0.29, 0.717) is 10.0 Å². The van der Waals surface area contributed by atoms with Crippen molar-refractivity contribution in [1.82, 2.24) is 0 Å². The van der Waals surface area contributed by atoms with Crippen LogP contribution >= 0.6 is 39.7 Å². The lowest BCUT2D eigenvalue weighted by molar-refractivity contribution is 1.60. The molecule has 1 aromatic carbocycles. The standard InChI is InChI=1S/C8H7BrClNS/c1-5(12)11-8-3-2-6(9)4-7(8)10/h2-4H,1H3,(H,11,12). The molecule has 1 aromatic rings. The number of thiocarbonyl (C=S) groups is 1. The highest BCUT2D eigenvalue weighted by Crippen LogP contribution is 2.25. The third-order valence-corrected chi connectivity index (χ3v) is 2.15. The van der Waals surface area contributed by atoms with E-state index >= 15 is 0 Å². The molecule has 0 aliphatic carbocycles. The first-order valence-corrected chi connectivity index (χ1v) is 4.90. The van der Waals surface area contributed by atoms with Gasteiger partial charge in [-0.3, -0.25) is 0 Å². The number of halogens is 2. The maximum Gasteiger partial charge on any atom is 0.0766 e. The molecule has 64 valence electrons. The van der Waals surface area contributed by atoms with Crippen LogP contribution in [0.15, 0.2) is 22.7 Å². The first-order valence-electron chi connectivity index (χ1n) is 3.32. The summed E-state index contributed by atoms with van der Waals surface area (Å²) in [6, 6.07) is 5.61. The van der Waals surface area contributed by atoms with Crippen LogP contribution in [0.2, 0.25) is 5.02 Å². The number of hydrogen-bond acceptors (Lipinski definition) is 1. The van der Waals surface area contributed by atoms with E-state index in [-0.39, 0.29) is 0 Å². The van der Waals surface area contributed by atoms with Gasteiger partial charge in [0.15, 0.2) is 0 Å². The zero-order valence-electron chi connectivity index (χ0n) is 6.40. The Morgan fingerprint density at radius 1 is 1.58 bits per heavy atom. The third kappa shape index (κ3) is 2.73. The summed E-state index contributed by atoms with van der Waals surface area (Å²) in [4.78, 5) is 0.708. The summed E-state index contributed by atoms with van der Waals surface area (Å²) in [5.74, 6) is 0. The Kier molecular flexibility index (Phi) is 3.50. The molecule has 0 atom stereocenters. The smallest absolute Gasteiger partial charge is 0.0766 e. The quantitative estimate of drug-likeness (QED) is 0.773. The summed E-state index contributed by atoms with van der Waals surface area (Å²) in [5, 5.41) is 3.64. The van der Waals surface area contributed by atoms with E-state index < -0.39 is 0 Å². The zero-order chi connectivity index (χ0) is 9.14. The van der Waals surface area contributed by atoms with Gasteiger partial charge in [-0.15, -0.1) is 0 Å². The minimum Gasteiger partial charge on any atom is -0.349 e. The Bertz CT molecular complexity index is 314. The second-order valence-electron chi connectivity index (χ2n) is 2.31. The van der Waals surface area contributed by atoms with Crippen molar-refractivity contribution in [2.24, 2.45) is 0 Å². The number of benzene rings is 1. The second kappa shape index (κ2) is 4.21. The van der Waals surface area contributed by atoms with E-state index in [9.17, 15) is 0 Å². The summed E-state index contributed by atoms with van der Waals surface area (Å²) < 4.78 is 0.958. The van der Waals surface area contributed by atoms with Crippen molar-refractivity contribution in [3.05, 3.63) is 27.7 Å². The molecule has 0 aromatic heterocycles. The molecule has 1 N–H and O–H groups in total. The fourth-order valence-corrected chi connectivity index (χ4v) is 1.61. The van der Waals surface area contributed by atoms with Gasteiger partial charge in [-0.2, -0.15) is 0 Å². The van der Waals surface area contributed by atoms with Gasteiger partial charge in [-0.1, -0.05) is 39.7 Å². The van der Waals surface area contributed by atoms with E-state index in [0.717, 1.165) is 10.2 Å². The number of hydrogen-bond donors (Lipinski definition) is 1. The van der Waals surface area contributed by atoms with Crippen molar-refractivity contribution in [2.45, 2.75) is 6.92 Å². The zero-order valence-corrected chi connectivity index (χ0v) is 9.55. The molecule has 0 radical (unpaired) electrons. The summed E-state index contributed by atoms with van der Waals surface area (Å²) in [6.45, 7) is 1.81. The molecule has 0 bridgehead atoms. The molecule has 0 spiro atoms. The average molecular weight is 265 g/mol. The molecule has 0 fully saturated rings. The van der Waals surface area contributed by atoms with Crippen LogP contribution in [0.3, 0.4) is 0 Å². The normalized spacial score (nSPS) is 9.58. The van der Waals surface area contributed by atoms with E-state index in [1.165, 1.54) is 0 Å². The summed E-state index contributed by atoms with van der Waals surface area (Å²) in [6.07, 6.45) is 0. The molecule has 12 heavy (non-hydrogen) atoms. The van der Waals surface area contributed by atoms with Crippen LogP contribution in [0.4, 0.5) is 5.69 Å². The lowest BCUT2D eigenvalue weighted by Gasteiger charge is -2.05. The number of nitrogens with one attached hydrogen (secondary N) is 1. The first-order chi connectivity index (χ1) is 5.59. The maximum absolute atomic E-state index is 5.92. The van der Waals surface area contributed by atoms with Crippen molar-refractivity contribution in [1.29, 1.82) is 0 Å². The molecule has 4 heteroatoms. The van der Waals surface area contributed by atoms with Gasteiger partial charge in [0, 0.05) is 4.47 Å². The van der Waals surface area contributed by atoms with E-state index in [1.54, 1.807) is 0 Å². The second-order valence-corrected chi connectivity index (χ2v) is 4.24. The van der Waals surface area contributed by atoms with Crippen LogP contribution in [-0.2, 0) is 0 Å². The minimum atomic E-state index is 0.661. The van der Waals surface area contributed by atoms with Crippen LogP contribution < -0.4 is 5.32 Å². The number of anilines is 1. The van der Waals surface area contributed by atoms with E-state index in [4.69, 9.17) is 23.8 Å². The minimum absolute atomic E-state index is 0.661. The molecule has 0 saturated heterocycles. The fraction of sp³-hybridized carbons (Fsp3) is 0.125. The Hall–Kier alpha value is -0.120. The lowest BCUT2D eigenvalue weighted by atomic mass is 10.3. The van der Waals surface area contributed by atoms with Crippen molar-refractivity contribution in [3.8, 4) is 0 Å². The van der Waals surface area contributed by atoms with Crippen molar-refractivity contribution in [2.75, 3.05) is 5.32 Å². The molecule has 0 aliphatic heterocycles. The fourth-order valence-electron chi connectivity index (χ4n) is 0.780. The molecule has 0 saturated carbocycles. The van der Waals surface area contributed by atoms with Crippen LogP contribution in [0.1, 0.15) is 6.92 Å². The molecule has 1 nitrogen and oxygen atoms in total. The molecule has 0 heterocycles. The van der Waals surface area contributed by atoms with Gasteiger partial charge in [-0.05, 0) is 25.1 Å². The molecular weight excluding hydrogens is 258 g/mol. The van der Waals surface area contributed by atoms with Gasteiger partial charge in [0.25, 0.3) is 0 Å². The Morgan fingerprint density at radius 3 is 2.75 bits per heavy atom. The van der Waals surface area contributed by atoms with Gasteiger partial charge in [-0.25, -0.2) is 0 Å². The van der Waals surface area contributed by atoms with Crippen molar-refractivity contribution in [3.63, 3.8) is 0 Å². The van der Waals surface area contributed by atoms with E-state index in [1.807, 2.05) is 25.1 Å². The third-order valence-electron chi connectivity index (χ3n) is 1.24. The summed E-state index contributed by atoms with van der Waals surface area (Å²) in [5.41, 5.74) is 0.840. The molecule has 1 rings (SSSR count). The average Bonchev–Trinajstić information content (AvgIpc) is 1.94. The van der Waals surface area contributed by atoms with Crippen molar-refractivity contribution < 1.29 is 0 Å². The highest BCUT2D eigenvalue weighted by atomic mass is 79.9. The highest BCUT2D eigenvalue weighted by molar-refractivity contribution is 9.10. The highest BCUT2D eigenvalue weighted by Gasteiger charge is 1.99. The van der Waals surface area contributed by atoms with Gasteiger partial charge in [0.05, 0.1) is 15.7 Å². The first kappa shape index (κ1) is 9.96. The Morgan fingerprint density at radius 2 is 2.25 bits per heavy atom. The van der Waals surface area contributed by atoms with Gasteiger partial charge in [0.1, 0.15) is 0 Å². The van der Waals surface area contributed by atoms with Gasteiger partial charge in [0.2, 0.25) is 0 Å². The van der Waals surface area contributed by atoms with Gasteiger partial charge < -0.3 is 5.32 Å². The van der Waals surface area contributed by atoms with Crippen LogP contribution in [0, 0.1) is 0 Å². The van der Waals surface area contributed by atoms with Crippen LogP contribution in [-0.4, -0.2) is 4.99 Å². The Balaban J connectivity index is 2.93.